The maximum absolute atomic E-state index is 12.5. The molecule has 2 aromatic rings. The summed E-state index contributed by atoms with van der Waals surface area (Å²) in [6.45, 7) is 0. The smallest absolute Gasteiger partial charge is 0.417 e. The fourth-order valence-electron chi connectivity index (χ4n) is 1.39. The van der Waals surface area contributed by atoms with E-state index in [1.807, 2.05) is 0 Å². The summed E-state index contributed by atoms with van der Waals surface area (Å²) in [5.74, 6) is -1.54. The normalized spacial score (nSPS) is 11.7. The first kappa shape index (κ1) is 12.1. The van der Waals surface area contributed by atoms with Gasteiger partial charge < -0.3 is 5.11 Å². The number of aromatic nitrogens is 2. The third-order valence-electron chi connectivity index (χ3n) is 2.26. The highest BCUT2D eigenvalue weighted by Crippen LogP contribution is 2.28. The van der Waals surface area contributed by atoms with Crippen LogP contribution in [-0.4, -0.2) is 20.5 Å². The number of hydrogen-bond donors (Lipinski definition) is 1. The van der Waals surface area contributed by atoms with E-state index < -0.39 is 28.8 Å². The molecule has 18 heavy (non-hydrogen) atoms. The van der Waals surface area contributed by atoms with E-state index in [9.17, 15) is 22.8 Å². The maximum Gasteiger partial charge on any atom is 0.417 e. The Kier molecular flexibility index (Phi) is 2.57. The largest absolute Gasteiger partial charge is 0.477 e. The molecule has 0 aliphatic rings. The number of carboxylic acid groups (broad SMARTS) is 1. The lowest BCUT2D eigenvalue weighted by molar-refractivity contribution is -0.137. The second-order valence-electron chi connectivity index (χ2n) is 3.43. The van der Waals surface area contributed by atoms with E-state index in [1.54, 1.807) is 0 Å². The minimum atomic E-state index is -4.62. The minimum Gasteiger partial charge on any atom is -0.477 e. The lowest BCUT2D eigenvalue weighted by Crippen LogP contribution is -2.23. The molecule has 8 heteroatoms. The molecule has 0 aromatic carbocycles. The molecule has 0 amide bonds. The average molecular weight is 258 g/mol. The van der Waals surface area contributed by atoms with Gasteiger partial charge in [-0.25, -0.2) is 9.78 Å². The molecule has 2 aromatic heterocycles. The fourth-order valence-corrected chi connectivity index (χ4v) is 1.39. The molecule has 0 fully saturated rings. The van der Waals surface area contributed by atoms with Crippen molar-refractivity contribution in [3.05, 3.63) is 46.0 Å². The van der Waals surface area contributed by atoms with Gasteiger partial charge in [-0.1, -0.05) is 0 Å². The van der Waals surface area contributed by atoms with Gasteiger partial charge in [-0.15, -0.1) is 0 Å². The van der Waals surface area contributed by atoms with Gasteiger partial charge in [0.2, 0.25) is 0 Å². The Morgan fingerprint density at radius 1 is 1.33 bits per heavy atom. The molecule has 0 atom stereocenters. The van der Waals surface area contributed by atoms with Gasteiger partial charge >= 0.3 is 12.1 Å². The third kappa shape index (κ3) is 1.92. The predicted octanol–water partition coefficient (Wildman–Crippen LogP) is 1.41. The molecule has 0 radical (unpaired) electrons. The number of carboxylic acids is 1. The summed E-state index contributed by atoms with van der Waals surface area (Å²) < 4.78 is 37.9. The van der Waals surface area contributed by atoms with E-state index in [4.69, 9.17) is 5.11 Å². The molecule has 5 nitrogen and oxygen atoms in total. The number of hydrogen-bond acceptors (Lipinski definition) is 3. The van der Waals surface area contributed by atoms with Gasteiger partial charge in [0.25, 0.3) is 5.56 Å². The molecule has 0 spiro atoms. The molecule has 0 saturated carbocycles. The quantitative estimate of drug-likeness (QED) is 0.839. The number of pyridine rings is 1. The Hall–Kier alpha value is -2.38. The van der Waals surface area contributed by atoms with Crippen LogP contribution in [0, 0.1) is 0 Å². The Balaban J connectivity index is 2.79. The molecule has 0 aliphatic heterocycles. The standard InChI is InChI=1S/C10H5F3N2O3/c11-10(12,13)5-1-2-7-14-3-6(9(17)18)8(16)15(7)4-5/h1-4H,(H,17,18). The SMILES string of the molecule is O=C(O)c1cnc2ccc(C(F)(F)F)cn2c1=O. The molecule has 94 valence electrons. The zero-order chi connectivity index (χ0) is 13.5. The highest BCUT2D eigenvalue weighted by Gasteiger charge is 2.31. The molecule has 0 unspecified atom stereocenters. The summed E-state index contributed by atoms with van der Waals surface area (Å²) in [5, 5.41) is 8.68. The predicted molar refractivity (Wildman–Crippen MR) is 53.4 cm³/mol. The number of alkyl halides is 3. The van der Waals surface area contributed by atoms with Crippen LogP contribution in [0.2, 0.25) is 0 Å². The highest BCUT2D eigenvalue weighted by atomic mass is 19.4. The first-order valence-corrected chi connectivity index (χ1v) is 4.62. The van der Waals surface area contributed by atoms with Gasteiger partial charge in [-0.2, -0.15) is 13.2 Å². The van der Waals surface area contributed by atoms with E-state index in [-0.39, 0.29) is 5.65 Å². The van der Waals surface area contributed by atoms with E-state index in [0.717, 1.165) is 18.3 Å². The van der Waals surface area contributed by atoms with Crippen molar-refractivity contribution in [1.29, 1.82) is 0 Å². The van der Waals surface area contributed by atoms with E-state index in [0.29, 0.717) is 10.6 Å². The molecule has 0 saturated heterocycles. The zero-order valence-corrected chi connectivity index (χ0v) is 8.60. The second kappa shape index (κ2) is 3.83. The number of halogens is 3. The minimum absolute atomic E-state index is 0.0574. The summed E-state index contributed by atoms with van der Waals surface area (Å²) in [4.78, 5) is 25.9. The number of rotatable bonds is 1. The van der Waals surface area contributed by atoms with Crippen LogP contribution in [0.5, 0.6) is 0 Å². The number of aromatic carboxylic acids is 1. The highest BCUT2D eigenvalue weighted by molar-refractivity contribution is 5.86. The van der Waals surface area contributed by atoms with Crippen LogP contribution in [-0.2, 0) is 6.18 Å². The lowest BCUT2D eigenvalue weighted by Gasteiger charge is -2.08. The van der Waals surface area contributed by atoms with Crippen LogP contribution in [0.15, 0.2) is 29.3 Å². The summed E-state index contributed by atoms with van der Waals surface area (Å²) in [6, 6.07) is 1.76. The monoisotopic (exact) mass is 258 g/mol. The lowest BCUT2D eigenvalue weighted by atomic mass is 10.2. The van der Waals surface area contributed by atoms with Crippen molar-refractivity contribution in [3.8, 4) is 0 Å². The summed E-state index contributed by atoms with van der Waals surface area (Å²) in [6.07, 6.45) is -3.28. The van der Waals surface area contributed by atoms with Crippen LogP contribution >= 0.6 is 0 Å². The van der Waals surface area contributed by atoms with Crippen molar-refractivity contribution >= 4 is 11.6 Å². The van der Waals surface area contributed by atoms with E-state index in [2.05, 4.69) is 4.98 Å². The number of nitrogens with zero attached hydrogens (tertiary/aromatic N) is 2. The van der Waals surface area contributed by atoms with Crippen LogP contribution < -0.4 is 5.56 Å². The van der Waals surface area contributed by atoms with Gasteiger partial charge in [0.15, 0.2) is 0 Å². The topological polar surface area (TPSA) is 71.7 Å². The Morgan fingerprint density at radius 2 is 2.00 bits per heavy atom. The van der Waals surface area contributed by atoms with Crippen molar-refractivity contribution in [1.82, 2.24) is 9.38 Å². The zero-order valence-electron chi connectivity index (χ0n) is 8.60. The Morgan fingerprint density at radius 3 is 2.56 bits per heavy atom. The second-order valence-corrected chi connectivity index (χ2v) is 3.43. The Labute approximate surface area is 97.1 Å². The Bertz CT molecular complexity index is 691. The van der Waals surface area contributed by atoms with Gasteiger partial charge in [0, 0.05) is 12.4 Å². The number of fused-ring (bicyclic) bond motifs is 1. The summed E-state index contributed by atoms with van der Waals surface area (Å²) >= 11 is 0. The maximum atomic E-state index is 12.5. The fraction of sp³-hybridized carbons (Fsp3) is 0.100. The summed E-state index contributed by atoms with van der Waals surface area (Å²) in [7, 11) is 0. The van der Waals surface area contributed by atoms with Crippen LogP contribution in [0.25, 0.3) is 5.65 Å². The summed E-state index contributed by atoms with van der Waals surface area (Å²) in [5.41, 5.74) is -2.86. The van der Waals surface area contributed by atoms with Gasteiger partial charge in [-0.3, -0.25) is 9.20 Å². The first-order valence-electron chi connectivity index (χ1n) is 4.62. The molecule has 1 N–H and O–H groups in total. The molecule has 2 heterocycles. The van der Waals surface area contributed by atoms with Crippen molar-refractivity contribution < 1.29 is 23.1 Å². The van der Waals surface area contributed by atoms with Crippen LogP contribution in [0.4, 0.5) is 13.2 Å². The van der Waals surface area contributed by atoms with Crippen molar-refractivity contribution in [2.45, 2.75) is 6.18 Å². The van der Waals surface area contributed by atoms with Gasteiger partial charge in [0.1, 0.15) is 11.2 Å². The average Bonchev–Trinajstić information content (AvgIpc) is 2.27. The third-order valence-corrected chi connectivity index (χ3v) is 2.26. The van der Waals surface area contributed by atoms with Crippen LogP contribution in [0.1, 0.15) is 15.9 Å². The van der Waals surface area contributed by atoms with E-state index >= 15 is 0 Å². The molecular formula is C10H5F3N2O3. The first-order chi connectivity index (χ1) is 8.30. The van der Waals surface area contributed by atoms with Crippen molar-refractivity contribution in [3.63, 3.8) is 0 Å². The molecule has 0 bridgehead atoms. The van der Waals surface area contributed by atoms with Crippen LogP contribution in [0.3, 0.4) is 0 Å². The van der Waals surface area contributed by atoms with Crippen molar-refractivity contribution in [2.24, 2.45) is 0 Å². The van der Waals surface area contributed by atoms with Crippen molar-refractivity contribution in [2.75, 3.05) is 0 Å². The number of carbonyl (C=O) groups is 1. The molecule has 0 aliphatic carbocycles. The molecule has 2 rings (SSSR count). The van der Waals surface area contributed by atoms with Gasteiger partial charge in [-0.05, 0) is 12.1 Å². The van der Waals surface area contributed by atoms with E-state index in [1.165, 1.54) is 0 Å². The van der Waals surface area contributed by atoms with Gasteiger partial charge in [0.05, 0.1) is 5.56 Å². The molecular weight excluding hydrogens is 253 g/mol.